The summed E-state index contributed by atoms with van der Waals surface area (Å²) >= 11 is 6.14. The molecule has 0 saturated carbocycles. The molecule has 16 heavy (non-hydrogen) atoms. The Morgan fingerprint density at radius 1 is 1.31 bits per heavy atom. The van der Waals surface area contributed by atoms with E-state index < -0.39 is 6.10 Å². The fourth-order valence-electron chi connectivity index (χ4n) is 1.60. The number of hydrogen-bond acceptors (Lipinski definition) is 2. The van der Waals surface area contributed by atoms with E-state index in [4.69, 9.17) is 16.3 Å². The Kier molecular flexibility index (Phi) is 5.64. The highest BCUT2D eigenvalue weighted by Crippen LogP contribution is 2.17. The largest absolute Gasteiger partial charge is 0.497 e. The Morgan fingerprint density at radius 2 is 1.94 bits per heavy atom. The smallest absolute Gasteiger partial charge is 0.118 e. The second-order valence-electron chi connectivity index (χ2n) is 3.92. The van der Waals surface area contributed by atoms with Crippen LogP contribution in [0.2, 0.25) is 0 Å². The van der Waals surface area contributed by atoms with Crippen molar-refractivity contribution in [2.75, 3.05) is 7.11 Å². The zero-order valence-corrected chi connectivity index (χ0v) is 10.6. The zero-order valence-electron chi connectivity index (χ0n) is 9.82. The van der Waals surface area contributed by atoms with Gasteiger partial charge >= 0.3 is 0 Å². The van der Waals surface area contributed by atoms with E-state index in [1.165, 1.54) is 0 Å². The van der Waals surface area contributed by atoms with Crippen molar-refractivity contribution < 1.29 is 9.84 Å². The van der Waals surface area contributed by atoms with Crippen LogP contribution in [0, 0.1) is 0 Å². The van der Waals surface area contributed by atoms with Crippen molar-refractivity contribution in [3.63, 3.8) is 0 Å². The second kappa shape index (κ2) is 6.77. The molecule has 0 fully saturated rings. The lowest BCUT2D eigenvalue weighted by Crippen LogP contribution is -2.22. The molecule has 0 amide bonds. The number of ether oxygens (including phenoxy) is 1. The van der Waals surface area contributed by atoms with Crippen LogP contribution in [0.3, 0.4) is 0 Å². The minimum atomic E-state index is -0.422. The third-order valence-corrected chi connectivity index (χ3v) is 3.04. The van der Waals surface area contributed by atoms with E-state index in [1.807, 2.05) is 31.2 Å². The van der Waals surface area contributed by atoms with Gasteiger partial charge in [0.1, 0.15) is 5.75 Å². The van der Waals surface area contributed by atoms with Crippen molar-refractivity contribution in [2.24, 2.45) is 0 Å². The van der Waals surface area contributed by atoms with Gasteiger partial charge < -0.3 is 9.84 Å². The van der Waals surface area contributed by atoms with Gasteiger partial charge in [0, 0.05) is 0 Å². The van der Waals surface area contributed by atoms with E-state index in [1.54, 1.807) is 7.11 Å². The average Bonchev–Trinajstić information content (AvgIpc) is 2.30. The van der Waals surface area contributed by atoms with Crippen LogP contribution in [0.4, 0.5) is 0 Å². The van der Waals surface area contributed by atoms with Crippen LogP contribution in [0.5, 0.6) is 5.75 Å². The van der Waals surface area contributed by atoms with Crippen LogP contribution in [0.1, 0.15) is 25.3 Å². The molecule has 2 atom stereocenters. The van der Waals surface area contributed by atoms with Crippen LogP contribution in [-0.2, 0) is 6.42 Å². The van der Waals surface area contributed by atoms with Crippen LogP contribution in [0.15, 0.2) is 24.3 Å². The quantitative estimate of drug-likeness (QED) is 0.778. The van der Waals surface area contributed by atoms with Gasteiger partial charge in [0.15, 0.2) is 0 Å². The molecule has 1 N–H and O–H groups in total. The number of aliphatic hydroxyl groups is 1. The first-order valence-corrected chi connectivity index (χ1v) is 6.06. The molecule has 0 aliphatic heterocycles. The second-order valence-corrected chi connectivity index (χ2v) is 4.48. The highest BCUT2D eigenvalue weighted by Gasteiger charge is 2.15. The predicted octanol–water partition coefficient (Wildman–Crippen LogP) is 3.01. The van der Waals surface area contributed by atoms with Crippen molar-refractivity contribution >= 4 is 11.6 Å². The summed E-state index contributed by atoms with van der Waals surface area (Å²) in [4.78, 5) is 0. The summed E-state index contributed by atoms with van der Waals surface area (Å²) in [5, 5.41) is 9.51. The molecule has 0 spiro atoms. The van der Waals surface area contributed by atoms with E-state index in [2.05, 4.69) is 0 Å². The molecular weight excluding hydrogens is 224 g/mol. The summed E-state index contributed by atoms with van der Waals surface area (Å²) in [6.45, 7) is 2.04. The molecule has 0 radical (unpaired) electrons. The van der Waals surface area contributed by atoms with E-state index in [0.717, 1.165) is 24.2 Å². The van der Waals surface area contributed by atoms with Gasteiger partial charge in [-0.3, -0.25) is 0 Å². The number of alkyl halides is 1. The van der Waals surface area contributed by atoms with Crippen molar-refractivity contribution in [2.45, 2.75) is 37.7 Å². The standard InChI is InChI=1S/C13H19ClO2/c1-3-4-13(15)12(14)9-10-5-7-11(16-2)8-6-10/h5-8,12-13,15H,3-4,9H2,1-2H3/t12-,13-/m1/s1. The molecule has 0 heterocycles. The van der Waals surface area contributed by atoms with Gasteiger partial charge in [0.25, 0.3) is 0 Å². The highest BCUT2D eigenvalue weighted by atomic mass is 35.5. The Bertz CT molecular complexity index is 297. The van der Waals surface area contributed by atoms with Crippen molar-refractivity contribution in [3.8, 4) is 5.75 Å². The van der Waals surface area contributed by atoms with E-state index in [-0.39, 0.29) is 5.38 Å². The van der Waals surface area contributed by atoms with E-state index >= 15 is 0 Å². The summed E-state index contributed by atoms with van der Waals surface area (Å²) < 4.78 is 5.08. The predicted molar refractivity (Wildman–Crippen MR) is 67.3 cm³/mol. The Labute approximate surface area is 102 Å². The minimum absolute atomic E-state index is 0.214. The fourth-order valence-corrected chi connectivity index (χ4v) is 1.90. The zero-order chi connectivity index (χ0) is 12.0. The van der Waals surface area contributed by atoms with Crippen LogP contribution < -0.4 is 4.74 Å². The van der Waals surface area contributed by atoms with Crippen LogP contribution >= 0.6 is 11.6 Å². The maximum Gasteiger partial charge on any atom is 0.118 e. The van der Waals surface area contributed by atoms with E-state index in [9.17, 15) is 5.11 Å². The monoisotopic (exact) mass is 242 g/mol. The van der Waals surface area contributed by atoms with Crippen molar-refractivity contribution in [1.29, 1.82) is 0 Å². The summed E-state index contributed by atoms with van der Waals surface area (Å²) in [7, 11) is 1.64. The topological polar surface area (TPSA) is 29.5 Å². The van der Waals surface area contributed by atoms with Gasteiger partial charge in [-0.15, -0.1) is 11.6 Å². The molecule has 0 saturated heterocycles. The van der Waals surface area contributed by atoms with E-state index in [0.29, 0.717) is 6.42 Å². The van der Waals surface area contributed by atoms with Gasteiger partial charge in [-0.1, -0.05) is 25.5 Å². The molecule has 1 aromatic carbocycles. The Morgan fingerprint density at radius 3 is 2.44 bits per heavy atom. The summed E-state index contributed by atoms with van der Waals surface area (Å²) in [5.74, 6) is 0.837. The number of methoxy groups -OCH3 is 1. The molecule has 0 unspecified atom stereocenters. The van der Waals surface area contributed by atoms with Crippen molar-refractivity contribution in [1.82, 2.24) is 0 Å². The van der Waals surface area contributed by atoms with Gasteiger partial charge in [0.2, 0.25) is 0 Å². The number of halogens is 1. The first-order chi connectivity index (χ1) is 7.67. The lowest BCUT2D eigenvalue weighted by Gasteiger charge is -2.16. The summed E-state index contributed by atoms with van der Waals surface area (Å²) in [6.07, 6.45) is 1.97. The summed E-state index contributed by atoms with van der Waals surface area (Å²) in [5.41, 5.74) is 1.12. The number of aliphatic hydroxyl groups excluding tert-OH is 1. The lowest BCUT2D eigenvalue weighted by molar-refractivity contribution is 0.157. The van der Waals surface area contributed by atoms with Gasteiger partial charge in [0.05, 0.1) is 18.6 Å². The Hall–Kier alpha value is -0.730. The van der Waals surface area contributed by atoms with Gasteiger partial charge in [-0.25, -0.2) is 0 Å². The fraction of sp³-hybridized carbons (Fsp3) is 0.538. The van der Waals surface area contributed by atoms with Crippen molar-refractivity contribution in [3.05, 3.63) is 29.8 Å². The molecule has 3 heteroatoms. The first-order valence-electron chi connectivity index (χ1n) is 5.62. The third kappa shape index (κ3) is 4.03. The van der Waals surface area contributed by atoms with Crippen LogP contribution in [-0.4, -0.2) is 23.7 Å². The maximum absolute atomic E-state index is 9.72. The molecule has 1 rings (SSSR count). The van der Waals surface area contributed by atoms with Gasteiger partial charge in [-0.05, 0) is 30.5 Å². The SMILES string of the molecule is CCC[C@@H](O)[C@H](Cl)Cc1ccc(OC)cc1. The lowest BCUT2D eigenvalue weighted by atomic mass is 10.0. The summed E-state index contributed by atoms with van der Waals surface area (Å²) in [6, 6.07) is 7.77. The number of hydrogen-bond donors (Lipinski definition) is 1. The van der Waals surface area contributed by atoms with Crippen LogP contribution in [0.25, 0.3) is 0 Å². The highest BCUT2D eigenvalue weighted by molar-refractivity contribution is 6.21. The molecular formula is C13H19ClO2. The molecule has 0 aliphatic carbocycles. The average molecular weight is 243 g/mol. The maximum atomic E-state index is 9.72. The Balaban J connectivity index is 2.52. The molecule has 2 nitrogen and oxygen atoms in total. The molecule has 90 valence electrons. The molecule has 1 aromatic rings. The number of rotatable bonds is 6. The third-order valence-electron chi connectivity index (χ3n) is 2.59. The van der Waals surface area contributed by atoms with Gasteiger partial charge in [-0.2, -0.15) is 0 Å². The molecule has 0 aliphatic rings. The molecule has 0 bridgehead atoms. The molecule has 0 aromatic heterocycles. The number of benzene rings is 1. The first kappa shape index (κ1) is 13.3. The normalized spacial score (nSPS) is 14.5. The minimum Gasteiger partial charge on any atom is -0.497 e.